The van der Waals surface area contributed by atoms with Crippen LogP contribution in [-0.2, 0) is 66.7 Å². The van der Waals surface area contributed by atoms with Gasteiger partial charge in [-0.25, -0.2) is 0 Å². The molecule has 0 aromatic rings. The fourth-order valence-electron chi connectivity index (χ4n) is 24.7. The van der Waals surface area contributed by atoms with Gasteiger partial charge in [0.2, 0.25) is 0 Å². The molecule has 0 amide bonds. The summed E-state index contributed by atoms with van der Waals surface area (Å²) in [4.78, 5) is 86.5. The Bertz CT molecular complexity index is 3010. The molecule has 0 spiro atoms. The van der Waals surface area contributed by atoms with Gasteiger partial charge in [0.05, 0.1) is 59.7 Å². The summed E-state index contributed by atoms with van der Waals surface area (Å²) in [5.41, 5.74) is -0.156. The van der Waals surface area contributed by atoms with Gasteiger partial charge in [0.15, 0.2) is 13.6 Å². The Balaban J connectivity index is 0.000000170. The summed E-state index contributed by atoms with van der Waals surface area (Å²) >= 11 is 0. The molecule has 12 aliphatic rings. The maximum Gasteiger partial charge on any atom is 0.311 e. The van der Waals surface area contributed by atoms with E-state index in [1.165, 1.54) is 89.9 Å². The summed E-state index contributed by atoms with van der Waals surface area (Å²) in [6.45, 7) is 42.1. The normalized spacial score (nSPS) is 37.4. The van der Waals surface area contributed by atoms with Crippen LogP contribution in [0.3, 0.4) is 0 Å². The molecule has 0 heterocycles. The Hall–Kier alpha value is -3.83. The quantitative estimate of drug-likeness (QED) is 0.0374. The number of carbonyl (C=O) groups excluding carboxylic acids is 5. The van der Waals surface area contributed by atoms with Crippen LogP contribution in [0, 0.1) is 164 Å². The lowest BCUT2D eigenvalue weighted by Crippen LogP contribution is -2.37. The smallest absolute Gasteiger partial charge is 0.311 e. The number of hydrogen-bond acceptors (Lipinski definition) is 15. The van der Waals surface area contributed by atoms with Crippen molar-refractivity contribution in [2.45, 2.75) is 367 Å². The van der Waals surface area contributed by atoms with Crippen LogP contribution in [0.1, 0.15) is 331 Å². The number of aliphatic carboxylic acids is 2. The van der Waals surface area contributed by atoms with Crippen LogP contribution in [0.4, 0.5) is 0 Å². The van der Waals surface area contributed by atoms with E-state index in [4.69, 9.17) is 33.2 Å². The minimum absolute atomic E-state index is 0.00235. The van der Waals surface area contributed by atoms with Gasteiger partial charge in [-0.2, -0.15) is 0 Å². The molecule has 0 aliphatic heterocycles. The minimum atomic E-state index is -0.842. The van der Waals surface area contributed by atoms with Crippen molar-refractivity contribution in [2.24, 2.45) is 164 Å². The summed E-state index contributed by atoms with van der Waals surface area (Å²) in [5.74, 6) is 7.75. The number of fused-ring (bicyclic) bond motifs is 10. The molecular formula is C93H156O17. The van der Waals surface area contributed by atoms with E-state index < -0.39 is 47.2 Å². The maximum atomic E-state index is 13.0. The molecule has 0 radical (unpaired) electrons. The second kappa shape index (κ2) is 38.1. The predicted molar refractivity (Wildman–Crippen MR) is 427 cm³/mol. The third-order valence-corrected chi connectivity index (χ3v) is 32.3. The molecule has 28 atom stereocenters. The fourth-order valence-corrected chi connectivity index (χ4v) is 24.7. The van der Waals surface area contributed by atoms with Gasteiger partial charge in [0, 0.05) is 0 Å². The van der Waals surface area contributed by atoms with Crippen molar-refractivity contribution >= 4 is 41.8 Å². The highest BCUT2D eigenvalue weighted by atomic mass is 16.7. The first kappa shape index (κ1) is 90.1. The molecule has 12 saturated carbocycles. The second-order valence-corrected chi connectivity index (χ2v) is 42.8. The summed E-state index contributed by atoms with van der Waals surface area (Å²) in [6.07, 6.45) is 31.2. The van der Waals surface area contributed by atoms with Gasteiger partial charge in [0.1, 0.15) is 17.3 Å². The SMILES string of the molecule is CC(CC(CC1C2CCC(C2)C1C)C(=O)OC(C)(C)C)C(=O)O.CC(CC(CC1C2CCC(C2)C1C)C(=O)OC(C)(C)C)C(=O)OC1CCCCC1O.CC(CC(CC1C2CCC(C2)C1C)C(=O)OCOC1CCC(C(C)(C)C)CC1)C(=O)O.CC(CC1C2CCC(C2)C1C)C(=O)OCOC1CC2CCC1(C)C2(C)C. The number of carbonyl (C=O) groups is 7. The highest BCUT2D eigenvalue weighted by Crippen LogP contribution is 2.66. The number of aliphatic hydroxyl groups excluding tert-OH is 1. The molecule has 17 nitrogen and oxygen atoms in total. The molecule has 17 heteroatoms. The lowest BCUT2D eigenvalue weighted by Gasteiger charge is -2.38. The first-order valence-corrected chi connectivity index (χ1v) is 44.8. The minimum Gasteiger partial charge on any atom is -0.481 e. The number of carboxylic acid groups (broad SMARTS) is 2. The van der Waals surface area contributed by atoms with Gasteiger partial charge in [-0.1, -0.05) is 103 Å². The van der Waals surface area contributed by atoms with E-state index in [1.54, 1.807) is 13.8 Å². The van der Waals surface area contributed by atoms with Crippen molar-refractivity contribution in [2.75, 3.05) is 13.6 Å². The van der Waals surface area contributed by atoms with E-state index in [9.17, 15) is 48.9 Å². The number of rotatable bonds is 28. The standard InChI is InChI=1S/C26H44O5.C25H42O5.C23H38O3.C19H32O4/c1-16(24(27)28)12-20(14-23-17(2)18-6-7-19(23)13-18)25(29)31-15-30-22-10-8-21(9-11-22)26(3,4)5;1-15(23(27)29-22-9-7-6-8-21(22)26)12-19(24(28)30-25(3,4)5)14-20-16(2)17-10-11-18(20)13-17;1-14(10-19-15(2)16-6-7-17(19)11-16)21(24)26-13-25-20-12-18-8-9-23(20,5)22(18,3)4;1-11(17(20)21)8-15(18(22)23-19(3,4)5)10-16-12(2)13-6-7-14(16)9-13/h16-23H,6-15H2,1-5H3,(H,27,28);15-22,26H,6-14H2,1-5H3;14-20H,6-13H2,1-5H3;11-16H,6-10H2,1-5H3,(H,20,21). The summed E-state index contributed by atoms with van der Waals surface area (Å²) in [7, 11) is 0. The number of ether oxygens (including phenoxy) is 7. The van der Waals surface area contributed by atoms with Crippen molar-refractivity contribution in [3.05, 3.63) is 0 Å². The number of aliphatic hydroxyl groups is 1. The molecule has 12 rings (SSSR count). The molecular weight excluding hydrogens is 1390 g/mol. The maximum absolute atomic E-state index is 13.0. The first-order valence-electron chi connectivity index (χ1n) is 44.8. The van der Waals surface area contributed by atoms with Gasteiger partial charge in [-0.3, -0.25) is 33.6 Å². The zero-order chi connectivity index (χ0) is 80.9. The van der Waals surface area contributed by atoms with Crippen molar-refractivity contribution in [1.29, 1.82) is 0 Å². The van der Waals surface area contributed by atoms with Crippen molar-refractivity contribution in [3.63, 3.8) is 0 Å². The Kier molecular flexibility index (Phi) is 31.2. The van der Waals surface area contributed by atoms with E-state index in [0.29, 0.717) is 77.9 Å². The third-order valence-electron chi connectivity index (χ3n) is 32.3. The highest BCUT2D eigenvalue weighted by molar-refractivity contribution is 5.77. The molecule has 12 aliphatic carbocycles. The molecule has 12 fully saturated rings. The Morgan fingerprint density at radius 2 is 0.800 bits per heavy atom. The topological polar surface area (TPSA) is 245 Å². The lowest BCUT2D eigenvalue weighted by molar-refractivity contribution is -0.174. The largest absolute Gasteiger partial charge is 0.481 e. The Labute approximate surface area is 665 Å². The number of hydrogen-bond donors (Lipinski definition) is 3. The Morgan fingerprint density at radius 1 is 0.418 bits per heavy atom. The Morgan fingerprint density at radius 3 is 1.16 bits per heavy atom. The molecule has 0 aromatic heterocycles. The van der Waals surface area contributed by atoms with Crippen LogP contribution < -0.4 is 0 Å². The summed E-state index contributed by atoms with van der Waals surface area (Å²) in [6, 6.07) is 0. The van der Waals surface area contributed by atoms with Crippen molar-refractivity contribution in [1.82, 2.24) is 0 Å². The first-order chi connectivity index (χ1) is 51.4. The van der Waals surface area contributed by atoms with Crippen LogP contribution in [0.5, 0.6) is 0 Å². The second-order valence-electron chi connectivity index (χ2n) is 42.8. The molecule has 110 heavy (non-hydrogen) atoms. The third kappa shape index (κ3) is 22.9. The van der Waals surface area contributed by atoms with E-state index >= 15 is 0 Å². The molecule has 3 N–H and O–H groups in total. The summed E-state index contributed by atoms with van der Waals surface area (Å²) < 4.78 is 40.1. The zero-order valence-electron chi connectivity index (χ0n) is 72.4. The monoisotopic (exact) mass is 1550 g/mol. The van der Waals surface area contributed by atoms with Crippen LogP contribution >= 0.6 is 0 Å². The van der Waals surface area contributed by atoms with Crippen molar-refractivity contribution in [3.8, 4) is 0 Å². The average molecular weight is 1550 g/mol. The predicted octanol–water partition coefficient (Wildman–Crippen LogP) is 20.4. The van der Waals surface area contributed by atoms with Crippen molar-refractivity contribution < 1.29 is 82.0 Å². The zero-order valence-corrected chi connectivity index (χ0v) is 72.4. The van der Waals surface area contributed by atoms with Crippen LogP contribution in [0.15, 0.2) is 0 Å². The van der Waals surface area contributed by atoms with E-state index in [1.807, 2.05) is 55.4 Å². The highest BCUT2D eigenvalue weighted by Gasteiger charge is 2.62. The van der Waals surface area contributed by atoms with Crippen LogP contribution in [-0.4, -0.2) is 106 Å². The average Bonchev–Trinajstić information content (AvgIpc) is 1.56. The molecule has 630 valence electrons. The van der Waals surface area contributed by atoms with Gasteiger partial charge >= 0.3 is 41.8 Å². The van der Waals surface area contributed by atoms with Gasteiger partial charge in [-0.05, 0) is 351 Å². The van der Waals surface area contributed by atoms with Gasteiger partial charge < -0.3 is 48.5 Å². The lowest BCUT2D eigenvalue weighted by atomic mass is 9.70. The fraction of sp³-hybridized carbons (Fsp3) is 0.925. The molecule has 0 aromatic carbocycles. The number of esters is 5. The van der Waals surface area contributed by atoms with Crippen LogP contribution in [0.2, 0.25) is 0 Å². The molecule has 10 bridgehead atoms. The van der Waals surface area contributed by atoms with Crippen LogP contribution in [0.25, 0.3) is 0 Å². The van der Waals surface area contributed by atoms with E-state index in [0.717, 1.165) is 142 Å². The van der Waals surface area contributed by atoms with E-state index in [-0.39, 0.29) is 90.6 Å². The summed E-state index contributed by atoms with van der Waals surface area (Å²) in [5, 5.41) is 28.7. The van der Waals surface area contributed by atoms with Gasteiger partial charge in [-0.15, -0.1) is 0 Å². The number of carboxylic acids is 2. The molecule has 28 unspecified atom stereocenters. The van der Waals surface area contributed by atoms with E-state index in [2.05, 4.69) is 69.2 Å². The molecule has 0 saturated heterocycles. The van der Waals surface area contributed by atoms with Gasteiger partial charge in [0.25, 0.3) is 0 Å².